The lowest BCUT2D eigenvalue weighted by Gasteiger charge is -2.12. The monoisotopic (exact) mass is 330 g/mol. The van der Waals surface area contributed by atoms with Crippen molar-refractivity contribution in [1.29, 1.82) is 0 Å². The zero-order valence-electron chi connectivity index (χ0n) is 10.2. The van der Waals surface area contributed by atoms with Gasteiger partial charge in [-0.15, -0.1) is 0 Å². The van der Waals surface area contributed by atoms with Gasteiger partial charge in [0.25, 0.3) is 0 Å². The molecule has 3 rings (SSSR count). The summed E-state index contributed by atoms with van der Waals surface area (Å²) < 4.78 is 13.0. The van der Waals surface area contributed by atoms with Crippen LogP contribution in [0.4, 0.5) is 0 Å². The topological polar surface area (TPSA) is 17.1 Å². The van der Waals surface area contributed by atoms with Crippen LogP contribution in [0.1, 0.15) is 0 Å². The molecule has 0 fully saturated rings. The van der Waals surface area contributed by atoms with Gasteiger partial charge in [0, 0.05) is 10.6 Å². The van der Waals surface area contributed by atoms with Gasteiger partial charge in [-0.05, 0) is 38.4 Å². The van der Waals surface area contributed by atoms with Crippen LogP contribution in [-0.4, -0.2) is 0 Å². The molecule has 0 radical (unpaired) electrons. The summed E-state index contributed by atoms with van der Waals surface area (Å²) in [5, 5.41) is 3.92. The van der Waals surface area contributed by atoms with Gasteiger partial charge >= 0.3 is 0 Å². The first kappa shape index (κ1) is 12.7. The van der Waals surface area contributed by atoms with E-state index in [0.717, 1.165) is 21.4 Å². The summed E-state index contributed by atoms with van der Waals surface area (Å²) in [4.78, 5) is 0. The molecule has 94 valence electrons. The summed E-state index contributed by atoms with van der Waals surface area (Å²) in [6, 6.07) is 23.6. The number of benzene rings is 3. The van der Waals surface area contributed by atoms with Gasteiger partial charge in [-0.25, -0.2) is 0 Å². The second-order valence-electron chi connectivity index (χ2n) is 4.40. The first-order valence-corrected chi connectivity index (χ1v) is 9.75. The average molecular weight is 331 g/mol. The molecule has 0 spiro atoms. The number of rotatable bonds is 2. The summed E-state index contributed by atoms with van der Waals surface area (Å²) in [6.45, 7) is 0. The molecule has 0 heterocycles. The standard InChI is InChI=1S/C16H12BrOP/c17-19(18,15-8-2-1-3-9-15)16-11-10-13-6-4-5-7-14(13)12-16/h1-12H. The minimum absolute atomic E-state index is 0.824. The molecule has 3 aromatic carbocycles. The number of halogens is 1. The lowest BCUT2D eigenvalue weighted by atomic mass is 10.1. The molecular weight excluding hydrogens is 319 g/mol. The predicted octanol–water partition coefficient (Wildman–Crippen LogP) is 4.46. The first-order valence-electron chi connectivity index (χ1n) is 6.02. The predicted molar refractivity (Wildman–Crippen MR) is 86.2 cm³/mol. The maximum absolute atomic E-state index is 13.0. The van der Waals surface area contributed by atoms with E-state index >= 15 is 0 Å². The zero-order valence-corrected chi connectivity index (χ0v) is 12.6. The van der Waals surface area contributed by atoms with Crippen molar-refractivity contribution in [3.63, 3.8) is 0 Å². The molecule has 0 amide bonds. The third-order valence-corrected chi connectivity index (χ3v) is 7.52. The van der Waals surface area contributed by atoms with E-state index in [2.05, 4.69) is 21.6 Å². The van der Waals surface area contributed by atoms with Crippen LogP contribution in [-0.2, 0) is 4.57 Å². The highest BCUT2D eigenvalue weighted by atomic mass is 79.9. The lowest BCUT2D eigenvalue weighted by Crippen LogP contribution is -2.11. The molecule has 0 N–H and O–H groups in total. The maximum atomic E-state index is 13.0. The molecule has 3 heteroatoms. The van der Waals surface area contributed by atoms with E-state index in [0.29, 0.717) is 0 Å². The van der Waals surface area contributed by atoms with Crippen LogP contribution in [0, 0.1) is 0 Å². The maximum Gasteiger partial charge on any atom is 0.203 e. The van der Waals surface area contributed by atoms with Crippen molar-refractivity contribution < 1.29 is 4.57 Å². The molecule has 1 unspecified atom stereocenters. The molecule has 0 aliphatic carbocycles. The van der Waals surface area contributed by atoms with Gasteiger partial charge in [-0.1, -0.05) is 60.7 Å². The normalized spacial score (nSPS) is 14.2. The van der Waals surface area contributed by atoms with Gasteiger partial charge in [0.2, 0.25) is 5.84 Å². The summed E-state index contributed by atoms with van der Waals surface area (Å²) in [6.07, 6.45) is 0. The van der Waals surface area contributed by atoms with Gasteiger partial charge in [0.1, 0.15) is 0 Å². The number of hydrogen-bond acceptors (Lipinski definition) is 1. The van der Waals surface area contributed by atoms with Crippen molar-refractivity contribution >= 4 is 42.7 Å². The third kappa shape index (κ3) is 2.39. The van der Waals surface area contributed by atoms with Crippen LogP contribution in [0.25, 0.3) is 10.8 Å². The Morgan fingerprint density at radius 2 is 1.32 bits per heavy atom. The minimum atomic E-state index is -2.69. The van der Waals surface area contributed by atoms with E-state index in [4.69, 9.17) is 0 Å². The van der Waals surface area contributed by atoms with Crippen LogP contribution in [0.2, 0.25) is 0 Å². The van der Waals surface area contributed by atoms with E-state index < -0.39 is 5.84 Å². The summed E-state index contributed by atoms with van der Waals surface area (Å²) in [7, 11) is 0. The molecular formula is C16H12BrOP. The molecule has 0 saturated carbocycles. The first-order chi connectivity index (χ1) is 9.18. The van der Waals surface area contributed by atoms with Gasteiger partial charge in [0.15, 0.2) is 0 Å². The highest BCUT2D eigenvalue weighted by Gasteiger charge is 2.23. The summed E-state index contributed by atoms with van der Waals surface area (Å²) >= 11 is 3.44. The lowest BCUT2D eigenvalue weighted by molar-refractivity contribution is 0.596. The highest BCUT2D eigenvalue weighted by molar-refractivity contribution is 9.42. The van der Waals surface area contributed by atoms with Crippen molar-refractivity contribution in [3.05, 3.63) is 72.8 Å². The minimum Gasteiger partial charge on any atom is -0.302 e. The van der Waals surface area contributed by atoms with Gasteiger partial charge in [0.05, 0.1) is 0 Å². The fourth-order valence-electron chi connectivity index (χ4n) is 2.12. The van der Waals surface area contributed by atoms with Gasteiger partial charge in [-0.3, -0.25) is 0 Å². The zero-order chi connectivity index (χ0) is 13.3. The molecule has 0 aromatic heterocycles. The number of hydrogen-bond donors (Lipinski definition) is 0. The fraction of sp³-hybridized carbons (Fsp3) is 0. The molecule has 0 saturated heterocycles. The number of fused-ring (bicyclic) bond motifs is 1. The van der Waals surface area contributed by atoms with Crippen molar-refractivity contribution in [3.8, 4) is 0 Å². The van der Waals surface area contributed by atoms with Crippen LogP contribution in [0.15, 0.2) is 72.8 Å². The second-order valence-corrected chi connectivity index (χ2v) is 9.49. The quantitative estimate of drug-likeness (QED) is 0.634. The van der Waals surface area contributed by atoms with Crippen LogP contribution in [0.3, 0.4) is 0 Å². The Hall–Kier alpha value is -1.37. The SMILES string of the molecule is O=P(Br)(c1ccccc1)c1ccc2ccccc2c1. The Kier molecular flexibility index (Phi) is 3.30. The molecule has 19 heavy (non-hydrogen) atoms. The van der Waals surface area contributed by atoms with Crippen molar-refractivity contribution in [2.24, 2.45) is 0 Å². The van der Waals surface area contributed by atoms with Gasteiger partial charge < -0.3 is 4.57 Å². The van der Waals surface area contributed by atoms with Crippen LogP contribution >= 0.6 is 21.3 Å². The van der Waals surface area contributed by atoms with Crippen LogP contribution < -0.4 is 10.6 Å². The average Bonchev–Trinajstić information content (AvgIpc) is 2.47. The Morgan fingerprint density at radius 1 is 0.684 bits per heavy atom. The van der Waals surface area contributed by atoms with E-state index in [-0.39, 0.29) is 0 Å². The highest BCUT2D eigenvalue weighted by Crippen LogP contribution is 2.51. The molecule has 0 aliphatic heterocycles. The Balaban J connectivity index is 2.16. The second kappa shape index (κ2) is 4.96. The smallest absolute Gasteiger partial charge is 0.203 e. The largest absolute Gasteiger partial charge is 0.302 e. The van der Waals surface area contributed by atoms with Crippen molar-refractivity contribution in [2.45, 2.75) is 0 Å². The van der Waals surface area contributed by atoms with E-state index in [9.17, 15) is 4.57 Å². The molecule has 0 aliphatic rings. The van der Waals surface area contributed by atoms with Crippen LogP contribution in [0.5, 0.6) is 0 Å². The van der Waals surface area contributed by atoms with E-state index in [1.807, 2.05) is 66.7 Å². The fourth-order valence-corrected chi connectivity index (χ4v) is 4.92. The Labute approximate surface area is 120 Å². The molecule has 1 atom stereocenters. The Bertz CT molecular complexity index is 768. The van der Waals surface area contributed by atoms with Crippen molar-refractivity contribution in [2.75, 3.05) is 0 Å². The van der Waals surface area contributed by atoms with Gasteiger partial charge in [-0.2, -0.15) is 0 Å². The Morgan fingerprint density at radius 3 is 2.05 bits per heavy atom. The third-order valence-electron chi connectivity index (χ3n) is 3.15. The summed E-state index contributed by atoms with van der Waals surface area (Å²) in [5.41, 5.74) is 0. The molecule has 1 nitrogen and oxygen atoms in total. The van der Waals surface area contributed by atoms with E-state index in [1.165, 1.54) is 0 Å². The van der Waals surface area contributed by atoms with E-state index in [1.54, 1.807) is 0 Å². The van der Waals surface area contributed by atoms with Crippen molar-refractivity contribution in [1.82, 2.24) is 0 Å². The molecule has 3 aromatic rings. The molecule has 0 bridgehead atoms. The summed E-state index contributed by atoms with van der Waals surface area (Å²) in [5.74, 6) is -2.69.